The van der Waals surface area contributed by atoms with E-state index in [0.29, 0.717) is 0 Å². The Morgan fingerprint density at radius 2 is 2.07 bits per heavy atom. The van der Waals surface area contributed by atoms with Gasteiger partial charge in [0.15, 0.2) is 5.76 Å². The van der Waals surface area contributed by atoms with Crippen molar-refractivity contribution in [3.8, 4) is 5.75 Å². The SMILES string of the molecule is O=C(c1ccco1)c1cccc(Cl)c1O. The van der Waals surface area contributed by atoms with Gasteiger partial charge in [-0.05, 0) is 24.3 Å². The fraction of sp³-hybridized carbons (Fsp3) is 0. The van der Waals surface area contributed by atoms with Crippen molar-refractivity contribution in [3.05, 3.63) is 52.9 Å². The minimum Gasteiger partial charge on any atom is -0.506 e. The number of rotatable bonds is 2. The number of hydrogen-bond donors (Lipinski definition) is 1. The van der Waals surface area contributed by atoms with Crippen LogP contribution in [0.15, 0.2) is 41.0 Å². The summed E-state index contributed by atoms with van der Waals surface area (Å²) in [6.45, 7) is 0. The summed E-state index contributed by atoms with van der Waals surface area (Å²) in [6, 6.07) is 7.73. The maximum absolute atomic E-state index is 11.8. The number of carbonyl (C=O) groups excluding carboxylic acids is 1. The third-order valence-electron chi connectivity index (χ3n) is 1.98. The molecule has 76 valence electrons. The number of halogens is 1. The summed E-state index contributed by atoms with van der Waals surface area (Å²) >= 11 is 5.69. The molecular formula is C11H7ClO3. The van der Waals surface area contributed by atoms with Gasteiger partial charge in [0.05, 0.1) is 16.8 Å². The lowest BCUT2D eigenvalue weighted by Gasteiger charge is -2.02. The van der Waals surface area contributed by atoms with Gasteiger partial charge in [-0.25, -0.2) is 0 Å². The Kier molecular flexibility index (Phi) is 2.47. The average molecular weight is 223 g/mol. The maximum Gasteiger partial charge on any atom is 0.231 e. The predicted molar refractivity (Wildman–Crippen MR) is 55.3 cm³/mol. The summed E-state index contributed by atoms with van der Waals surface area (Å²) in [5, 5.41) is 9.72. The van der Waals surface area contributed by atoms with Gasteiger partial charge in [-0.3, -0.25) is 4.79 Å². The van der Waals surface area contributed by atoms with Crippen LogP contribution >= 0.6 is 11.6 Å². The van der Waals surface area contributed by atoms with Crippen LogP contribution in [0.2, 0.25) is 5.02 Å². The van der Waals surface area contributed by atoms with Crippen molar-refractivity contribution in [1.82, 2.24) is 0 Å². The van der Waals surface area contributed by atoms with Gasteiger partial charge >= 0.3 is 0 Å². The first kappa shape index (κ1) is 9.80. The highest BCUT2D eigenvalue weighted by molar-refractivity contribution is 6.32. The van der Waals surface area contributed by atoms with Gasteiger partial charge in [0.1, 0.15) is 5.75 Å². The van der Waals surface area contributed by atoms with Crippen molar-refractivity contribution in [2.45, 2.75) is 0 Å². The molecule has 0 radical (unpaired) electrons. The molecule has 0 amide bonds. The minimum atomic E-state index is -0.389. The van der Waals surface area contributed by atoms with Crippen LogP contribution in [0.1, 0.15) is 16.1 Å². The standard InChI is InChI=1S/C11H7ClO3/c12-8-4-1-3-7(10(8)13)11(14)9-5-2-6-15-9/h1-6,13H. The minimum absolute atomic E-state index is 0.137. The van der Waals surface area contributed by atoms with Crippen LogP contribution in [0, 0.1) is 0 Å². The number of aromatic hydroxyl groups is 1. The molecule has 0 spiro atoms. The Morgan fingerprint density at radius 1 is 1.27 bits per heavy atom. The van der Waals surface area contributed by atoms with Crippen molar-refractivity contribution in [3.63, 3.8) is 0 Å². The van der Waals surface area contributed by atoms with Gasteiger partial charge < -0.3 is 9.52 Å². The van der Waals surface area contributed by atoms with Crippen molar-refractivity contribution < 1.29 is 14.3 Å². The largest absolute Gasteiger partial charge is 0.506 e. The topological polar surface area (TPSA) is 50.4 Å². The fourth-order valence-electron chi connectivity index (χ4n) is 1.24. The number of benzene rings is 1. The Balaban J connectivity index is 2.47. The lowest BCUT2D eigenvalue weighted by atomic mass is 10.1. The Labute approximate surface area is 90.9 Å². The number of hydrogen-bond acceptors (Lipinski definition) is 3. The average Bonchev–Trinajstić information content (AvgIpc) is 2.74. The van der Waals surface area contributed by atoms with Crippen LogP contribution in [-0.4, -0.2) is 10.9 Å². The Morgan fingerprint density at radius 3 is 2.73 bits per heavy atom. The molecule has 0 atom stereocenters. The van der Waals surface area contributed by atoms with Crippen LogP contribution in [0.3, 0.4) is 0 Å². The van der Waals surface area contributed by atoms with Crippen LogP contribution in [0.4, 0.5) is 0 Å². The summed E-state index contributed by atoms with van der Waals surface area (Å²) in [6.07, 6.45) is 1.40. The second kappa shape index (κ2) is 3.79. The van der Waals surface area contributed by atoms with Crippen molar-refractivity contribution in [2.24, 2.45) is 0 Å². The first-order chi connectivity index (χ1) is 7.20. The molecule has 0 aliphatic carbocycles. The van der Waals surface area contributed by atoms with E-state index in [4.69, 9.17) is 16.0 Å². The number of carbonyl (C=O) groups is 1. The lowest BCUT2D eigenvalue weighted by Crippen LogP contribution is -1.99. The van der Waals surface area contributed by atoms with Crippen molar-refractivity contribution in [1.29, 1.82) is 0 Å². The third-order valence-corrected chi connectivity index (χ3v) is 2.28. The van der Waals surface area contributed by atoms with Gasteiger partial charge in [-0.1, -0.05) is 17.7 Å². The number of para-hydroxylation sites is 1. The van der Waals surface area contributed by atoms with E-state index in [-0.39, 0.29) is 27.9 Å². The second-order valence-electron chi connectivity index (χ2n) is 2.94. The normalized spacial score (nSPS) is 10.2. The number of ketones is 1. The Bertz CT molecular complexity index is 489. The molecule has 0 saturated heterocycles. The Hall–Kier alpha value is -1.74. The van der Waals surface area contributed by atoms with E-state index in [1.807, 2.05) is 0 Å². The maximum atomic E-state index is 11.8. The molecule has 3 nitrogen and oxygen atoms in total. The monoisotopic (exact) mass is 222 g/mol. The highest BCUT2D eigenvalue weighted by Crippen LogP contribution is 2.28. The summed E-state index contributed by atoms with van der Waals surface area (Å²) in [5.74, 6) is -0.437. The molecule has 1 aromatic heterocycles. The molecular weight excluding hydrogens is 216 g/mol. The van der Waals surface area contributed by atoms with E-state index in [2.05, 4.69) is 0 Å². The smallest absolute Gasteiger partial charge is 0.231 e. The second-order valence-corrected chi connectivity index (χ2v) is 3.35. The first-order valence-electron chi connectivity index (χ1n) is 4.26. The van der Waals surface area contributed by atoms with Gasteiger partial charge in [-0.15, -0.1) is 0 Å². The molecule has 15 heavy (non-hydrogen) atoms. The van der Waals surface area contributed by atoms with Crippen LogP contribution in [0.5, 0.6) is 5.75 Å². The van der Waals surface area contributed by atoms with E-state index < -0.39 is 0 Å². The highest BCUT2D eigenvalue weighted by Gasteiger charge is 2.17. The van der Waals surface area contributed by atoms with E-state index in [9.17, 15) is 9.90 Å². The summed E-state index contributed by atoms with van der Waals surface area (Å²) in [5.41, 5.74) is 0.137. The van der Waals surface area contributed by atoms with Crippen molar-refractivity contribution in [2.75, 3.05) is 0 Å². The van der Waals surface area contributed by atoms with E-state index >= 15 is 0 Å². The highest BCUT2D eigenvalue weighted by atomic mass is 35.5. The molecule has 0 aliphatic rings. The molecule has 2 aromatic rings. The molecule has 0 unspecified atom stereocenters. The van der Waals surface area contributed by atoms with Gasteiger partial charge in [0.2, 0.25) is 5.78 Å². The molecule has 1 heterocycles. The molecule has 0 aliphatic heterocycles. The molecule has 4 heteroatoms. The van der Waals surface area contributed by atoms with E-state index in [0.717, 1.165) is 0 Å². The summed E-state index contributed by atoms with van der Waals surface area (Å²) in [7, 11) is 0. The zero-order valence-corrected chi connectivity index (χ0v) is 8.36. The van der Waals surface area contributed by atoms with E-state index in [1.165, 1.54) is 24.5 Å². The first-order valence-corrected chi connectivity index (χ1v) is 4.63. The summed E-state index contributed by atoms with van der Waals surface area (Å²) in [4.78, 5) is 11.8. The lowest BCUT2D eigenvalue weighted by molar-refractivity contribution is 0.101. The van der Waals surface area contributed by atoms with Crippen LogP contribution < -0.4 is 0 Å². The molecule has 0 fully saturated rings. The van der Waals surface area contributed by atoms with E-state index in [1.54, 1.807) is 12.1 Å². The number of phenolic OH excluding ortho intramolecular Hbond substituents is 1. The third kappa shape index (κ3) is 1.74. The van der Waals surface area contributed by atoms with Crippen LogP contribution in [-0.2, 0) is 0 Å². The van der Waals surface area contributed by atoms with Gasteiger partial charge in [-0.2, -0.15) is 0 Å². The molecule has 1 N–H and O–H groups in total. The molecule has 0 saturated carbocycles. The van der Waals surface area contributed by atoms with Gasteiger partial charge in [0, 0.05) is 0 Å². The fourth-order valence-corrected chi connectivity index (χ4v) is 1.41. The summed E-state index contributed by atoms with van der Waals surface area (Å²) < 4.78 is 4.94. The zero-order valence-electron chi connectivity index (χ0n) is 7.61. The number of furan rings is 1. The van der Waals surface area contributed by atoms with Crippen molar-refractivity contribution >= 4 is 17.4 Å². The van der Waals surface area contributed by atoms with Gasteiger partial charge in [0.25, 0.3) is 0 Å². The molecule has 2 rings (SSSR count). The quantitative estimate of drug-likeness (QED) is 0.795. The zero-order chi connectivity index (χ0) is 10.8. The van der Waals surface area contributed by atoms with Crippen LogP contribution in [0.25, 0.3) is 0 Å². The molecule has 1 aromatic carbocycles. The molecule has 0 bridgehead atoms. The predicted octanol–water partition coefficient (Wildman–Crippen LogP) is 2.87. The number of phenols is 1.